The molecule has 0 spiro atoms. The van der Waals surface area contributed by atoms with E-state index < -0.39 is 0 Å². The number of hydrogen-bond acceptors (Lipinski definition) is 5. The van der Waals surface area contributed by atoms with E-state index in [1.165, 1.54) is 12.8 Å². The Balaban J connectivity index is 1.80. The molecule has 0 unspecified atom stereocenters. The lowest BCUT2D eigenvalue weighted by molar-refractivity contribution is 0.288. The Bertz CT molecular complexity index is 373. The third kappa shape index (κ3) is 4.49. The fraction of sp³-hybridized carbons (Fsp3) is 0.857. The standard InChI is InChI=1S/C14H25N3OS/c1-10(2)8-19-9-13-16-14(18-17-13)11-4-6-12(15-3)7-5-11/h10-12,15H,4-9H2,1-3H3. The van der Waals surface area contributed by atoms with Crippen LogP contribution in [0.25, 0.3) is 0 Å². The van der Waals surface area contributed by atoms with Crippen molar-refractivity contribution in [1.82, 2.24) is 15.5 Å². The van der Waals surface area contributed by atoms with Gasteiger partial charge in [0.2, 0.25) is 5.89 Å². The first-order valence-electron chi connectivity index (χ1n) is 7.26. The van der Waals surface area contributed by atoms with Gasteiger partial charge in [-0.15, -0.1) is 0 Å². The lowest BCUT2D eigenvalue weighted by Gasteiger charge is -2.25. The third-order valence-corrected chi connectivity index (χ3v) is 5.02. The van der Waals surface area contributed by atoms with Crippen LogP contribution in [0.3, 0.4) is 0 Å². The Morgan fingerprint density at radius 3 is 2.68 bits per heavy atom. The molecule has 1 heterocycles. The second-order valence-corrected chi connectivity index (χ2v) is 6.83. The molecular formula is C14H25N3OS. The van der Waals surface area contributed by atoms with E-state index in [2.05, 4.69) is 29.3 Å². The number of nitrogens with zero attached hydrogens (tertiary/aromatic N) is 2. The number of hydrogen-bond donors (Lipinski definition) is 1. The highest BCUT2D eigenvalue weighted by Gasteiger charge is 2.25. The molecule has 1 aromatic rings. The van der Waals surface area contributed by atoms with Gasteiger partial charge in [-0.2, -0.15) is 16.7 Å². The molecule has 1 saturated carbocycles. The van der Waals surface area contributed by atoms with Crippen molar-refractivity contribution in [3.8, 4) is 0 Å². The Hall–Kier alpha value is -0.550. The van der Waals surface area contributed by atoms with E-state index in [0.717, 1.165) is 36.1 Å². The Kier molecular flexibility index (Phi) is 5.70. The molecule has 0 aromatic carbocycles. The van der Waals surface area contributed by atoms with Crippen molar-refractivity contribution in [3.05, 3.63) is 11.7 Å². The molecule has 1 aliphatic carbocycles. The van der Waals surface area contributed by atoms with Gasteiger partial charge in [0.05, 0.1) is 5.75 Å². The van der Waals surface area contributed by atoms with Gasteiger partial charge < -0.3 is 9.84 Å². The number of nitrogens with one attached hydrogen (secondary N) is 1. The molecule has 0 atom stereocenters. The fourth-order valence-corrected chi connectivity index (χ4v) is 3.40. The van der Waals surface area contributed by atoms with Crippen LogP contribution in [-0.4, -0.2) is 29.0 Å². The van der Waals surface area contributed by atoms with E-state index in [4.69, 9.17) is 4.52 Å². The summed E-state index contributed by atoms with van der Waals surface area (Å²) in [4.78, 5) is 4.56. The minimum atomic E-state index is 0.473. The van der Waals surface area contributed by atoms with E-state index in [1.54, 1.807) is 0 Å². The molecule has 19 heavy (non-hydrogen) atoms. The van der Waals surface area contributed by atoms with Gasteiger partial charge in [-0.25, -0.2) is 0 Å². The number of thioether (sulfide) groups is 1. The van der Waals surface area contributed by atoms with Crippen LogP contribution in [0.1, 0.15) is 57.2 Å². The minimum absolute atomic E-state index is 0.473. The summed E-state index contributed by atoms with van der Waals surface area (Å²) in [5, 5.41) is 7.45. The van der Waals surface area contributed by atoms with Crippen molar-refractivity contribution in [2.75, 3.05) is 12.8 Å². The first kappa shape index (κ1) is 14.9. The van der Waals surface area contributed by atoms with Gasteiger partial charge in [-0.3, -0.25) is 0 Å². The maximum atomic E-state index is 5.44. The second-order valence-electron chi connectivity index (χ2n) is 5.80. The van der Waals surface area contributed by atoms with Crippen LogP contribution in [-0.2, 0) is 5.75 Å². The molecule has 0 saturated heterocycles. The molecule has 1 aromatic heterocycles. The third-order valence-electron chi connectivity index (χ3n) is 3.65. The molecule has 108 valence electrons. The van der Waals surface area contributed by atoms with E-state index in [-0.39, 0.29) is 0 Å². The van der Waals surface area contributed by atoms with Crippen molar-refractivity contribution < 1.29 is 4.52 Å². The highest BCUT2D eigenvalue weighted by Crippen LogP contribution is 2.32. The summed E-state index contributed by atoms with van der Waals surface area (Å²) in [7, 11) is 2.04. The van der Waals surface area contributed by atoms with Crippen LogP contribution < -0.4 is 5.32 Å². The van der Waals surface area contributed by atoms with E-state index in [9.17, 15) is 0 Å². The average molecular weight is 283 g/mol. The first-order chi connectivity index (χ1) is 9.19. The number of rotatable bonds is 6. The predicted octanol–water partition coefficient (Wildman–Crippen LogP) is 3.20. The molecule has 0 bridgehead atoms. The van der Waals surface area contributed by atoms with Crippen molar-refractivity contribution >= 4 is 11.8 Å². The molecule has 4 nitrogen and oxygen atoms in total. The Morgan fingerprint density at radius 2 is 2.05 bits per heavy atom. The summed E-state index contributed by atoms with van der Waals surface area (Å²) in [6, 6.07) is 0.667. The van der Waals surface area contributed by atoms with Crippen molar-refractivity contribution in [1.29, 1.82) is 0 Å². The molecular weight excluding hydrogens is 258 g/mol. The quantitative estimate of drug-likeness (QED) is 0.869. The molecule has 2 rings (SSSR count). The monoisotopic (exact) mass is 283 g/mol. The summed E-state index contributed by atoms with van der Waals surface area (Å²) in [5.41, 5.74) is 0. The zero-order valence-corrected chi connectivity index (χ0v) is 13.0. The van der Waals surface area contributed by atoms with Crippen LogP contribution in [0.5, 0.6) is 0 Å². The molecule has 0 amide bonds. The smallest absolute Gasteiger partial charge is 0.229 e. The van der Waals surface area contributed by atoms with Crippen molar-refractivity contribution in [3.63, 3.8) is 0 Å². The summed E-state index contributed by atoms with van der Waals surface area (Å²) in [5.74, 6) is 4.92. The maximum absolute atomic E-state index is 5.44. The van der Waals surface area contributed by atoms with Gasteiger partial charge in [0.15, 0.2) is 5.82 Å². The van der Waals surface area contributed by atoms with Gasteiger partial charge in [0.1, 0.15) is 0 Å². The van der Waals surface area contributed by atoms with Crippen LogP contribution in [0, 0.1) is 5.92 Å². The summed E-state index contributed by atoms with van der Waals surface area (Å²) < 4.78 is 5.44. The summed E-state index contributed by atoms with van der Waals surface area (Å²) in [6.07, 6.45) is 4.74. The van der Waals surface area contributed by atoms with Gasteiger partial charge >= 0.3 is 0 Å². The Morgan fingerprint density at radius 1 is 1.32 bits per heavy atom. The van der Waals surface area contributed by atoms with Crippen molar-refractivity contribution in [2.24, 2.45) is 5.92 Å². The lowest BCUT2D eigenvalue weighted by atomic mass is 9.86. The first-order valence-corrected chi connectivity index (χ1v) is 8.42. The van der Waals surface area contributed by atoms with Crippen molar-refractivity contribution in [2.45, 2.75) is 57.2 Å². The van der Waals surface area contributed by atoms with E-state index >= 15 is 0 Å². The molecule has 1 N–H and O–H groups in total. The van der Waals surface area contributed by atoms with Crippen LogP contribution in [0.4, 0.5) is 0 Å². The minimum Gasteiger partial charge on any atom is -0.339 e. The van der Waals surface area contributed by atoms with Crippen LogP contribution in [0.2, 0.25) is 0 Å². The topological polar surface area (TPSA) is 51.0 Å². The SMILES string of the molecule is CNC1CCC(c2nc(CSCC(C)C)no2)CC1. The zero-order valence-electron chi connectivity index (χ0n) is 12.2. The average Bonchev–Trinajstić information content (AvgIpc) is 2.87. The van der Waals surface area contributed by atoms with Crippen LogP contribution in [0.15, 0.2) is 4.52 Å². The van der Waals surface area contributed by atoms with Crippen LogP contribution >= 0.6 is 11.8 Å². The Labute approximate surface area is 120 Å². The lowest BCUT2D eigenvalue weighted by Crippen LogP contribution is -2.29. The summed E-state index contributed by atoms with van der Waals surface area (Å²) in [6.45, 7) is 4.46. The van der Waals surface area contributed by atoms with Gasteiger partial charge in [-0.1, -0.05) is 19.0 Å². The second kappa shape index (κ2) is 7.29. The fourth-order valence-electron chi connectivity index (χ4n) is 2.51. The number of aromatic nitrogens is 2. The highest BCUT2D eigenvalue weighted by atomic mass is 32.2. The molecule has 1 fully saturated rings. The molecule has 0 radical (unpaired) electrons. The van der Waals surface area contributed by atoms with Gasteiger partial charge in [-0.05, 0) is 44.4 Å². The molecule has 0 aliphatic heterocycles. The molecule has 5 heteroatoms. The van der Waals surface area contributed by atoms with Gasteiger partial charge in [0, 0.05) is 12.0 Å². The highest BCUT2D eigenvalue weighted by molar-refractivity contribution is 7.98. The van der Waals surface area contributed by atoms with E-state index in [0.29, 0.717) is 17.9 Å². The van der Waals surface area contributed by atoms with E-state index in [1.807, 2.05) is 18.8 Å². The maximum Gasteiger partial charge on any atom is 0.229 e. The predicted molar refractivity (Wildman–Crippen MR) is 79.4 cm³/mol. The van der Waals surface area contributed by atoms with Gasteiger partial charge in [0.25, 0.3) is 0 Å². The zero-order chi connectivity index (χ0) is 13.7. The normalized spacial score (nSPS) is 24.0. The largest absolute Gasteiger partial charge is 0.339 e. The summed E-state index contributed by atoms with van der Waals surface area (Å²) >= 11 is 1.88. The molecule has 1 aliphatic rings.